The van der Waals surface area contributed by atoms with Crippen LogP contribution in [-0.2, 0) is 4.57 Å². The van der Waals surface area contributed by atoms with E-state index in [0.29, 0.717) is 0 Å². The number of nitrogens with zero attached hydrogens (tertiary/aromatic N) is 3. The van der Waals surface area contributed by atoms with Gasteiger partial charge in [0.15, 0.2) is 7.14 Å². The molecule has 49 heavy (non-hydrogen) atoms. The summed E-state index contributed by atoms with van der Waals surface area (Å²) >= 11 is 0. The normalized spacial score (nSPS) is 11.8. The van der Waals surface area contributed by atoms with Gasteiger partial charge in [0.2, 0.25) is 0 Å². The maximum atomic E-state index is 14.8. The molecule has 0 aliphatic carbocycles. The number of hydrogen-bond donors (Lipinski definition) is 0. The largest absolute Gasteiger partial charge is 0.309 e. The molecule has 0 unspecified atom stereocenters. The maximum absolute atomic E-state index is 14.8. The van der Waals surface area contributed by atoms with E-state index in [4.69, 9.17) is 9.97 Å². The lowest BCUT2D eigenvalue weighted by atomic mass is 9.99. The number of imidazole rings is 1. The van der Waals surface area contributed by atoms with Crippen LogP contribution in [0.3, 0.4) is 0 Å². The van der Waals surface area contributed by atoms with Crippen molar-refractivity contribution < 1.29 is 4.57 Å². The van der Waals surface area contributed by atoms with Crippen molar-refractivity contribution in [2.75, 3.05) is 0 Å². The van der Waals surface area contributed by atoms with Gasteiger partial charge in [-0.15, -0.1) is 0 Å². The third-order valence-electron chi connectivity index (χ3n) is 9.29. The van der Waals surface area contributed by atoms with Crippen LogP contribution < -0.4 is 15.9 Å². The highest BCUT2D eigenvalue weighted by Gasteiger charge is 2.29. The van der Waals surface area contributed by atoms with Gasteiger partial charge in [-0.05, 0) is 46.5 Å². The zero-order valence-corrected chi connectivity index (χ0v) is 27.4. The Morgan fingerprint density at radius 1 is 0.408 bits per heavy atom. The first-order valence-electron chi connectivity index (χ1n) is 16.4. The number of hydrogen-bond acceptors (Lipinski definition) is 3. The molecular weight excluding hydrogens is 617 g/mol. The van der Waals surface area contributed by atoms with E-state index in [1.165, 1.54) is 0 Å². The van der Waals surface area contributed by atoms with Gasteiger partial charge in [-0.25, -0.2) is 9.97 Å². The molecule has 0 radical (unpaired) electrons. The minimum absolute atomic E-state index is 0.823. The van der Waals surface area contributed by atoms with E-state index in [1.807, 2.05) is 103 Å². The Morgan fingerprint density at radius 3 is 1.53 bits per heavy atom. The van der Waals surface area contributed by atoms with Gasteiger partial charge < -0.3 is 4.57 Å². The number of aromatic nitrogens is 3. The lowest BCUT2D eigenvalue weighted by Gasteiger charge is -2.20. The quantitative estimate of drug-likeness (QED) is 0.169. The predicted octanol–water partition coefficient (Wildman–Crippen LogP) is 9.68. The lowest BCUT2D eigenvalue weighted by Crippen LogP contribution is -2.24. The summed E-state index contributed by atoms with van der Waals surface area (Å²) in [6.07, 6.45) is 0. The Hall–Kier alpha value is -6.09. The average Bonchev–Trinajstić information content (AvgIpc) is 3.58. The van der Waals surface area contributed by atoms with E-state index in [1.54, 1.807) is 0 Å². The van der Waals surface area contributed by atoms with Gasteiger partial charge in [0.1, 0.15) is 11.5 Å². The second-order valence-electron chi connectivity index (χ2n) is 12.2. The number of fused-ring (bicyclic) bond motifs is 5. The smallest absolute Gasteiger partial charge is 0.171 e. The fraction of sp³-hybridized carbons (Fsp3) is 0. The Bertz CT molecular complexity index is 2610. The fourth-order valence-corrected chi connectivity index (χ4v) is 9.45. The first-order valence-corrected chi connectivity index (χ1v) is 18.1. The molecule has 0 aliphatic rings. The summed E-state index contributed by atoms with van der Waals surface area (Å²) in [7, 11) is -3.02. The molecule has 4 nitrogen and oxygen atoms in total. The average molecular weight is 648 g/mol. The number of para-hydroxylation sites is 2. The van der Waals surface area contributed by atoms with E-state index in [0.717, 1.165) is 77.1 Å². The molecule has 0 bridgehead atoms. The second-order valence-corrected chi connectivity index (χ2v) is 15.0. The van der Waals surface area contributed by atoms with Crippen LogP contribution in [0.5, 0.6) is 0 Å². The van der Waals surface area contributed by atoms with Crippen molar-refractivity contribution in [1.82, 2.24) is 14.4 Å². The van der Waals surface area contributed by atoms with Crippen LogP contribution in [0.25, 0.3) is 61.2 Å². The first-order chi connectivity index (χ1) is 24.2. The van der Waals surface area contributed by atoms with Gasteiger partial charge in [-0.1, -0.05) is 158 Å². The monoisotopic (exact) mass is 647 g/mol. The maximum Gasteiger partial charge on any atom is 0.171 e. The highest BCUT2D eigenvalue weighted by molar-refractivity contribution is 7.85. The summed E-state index contributed by atoms with van der Waals surface area (Å²) in [5.74, 6) is 0.879. The first kappa shape index (κ1) is 29.1. The molecule has 5 heteroatoms. The van der Waals surface area contributed by atoms with Crippen LogP contribution in [0.4, 0.5) is 0 Å². The number of rotatable bonds is 6. The van der Waals surface area contributed by atoms with E-state index in [-0.39, 0.29) is 0 Å². The third kappa shape index (κ3) is 4.97. The Kier molecular flexibility index (Phi) is 7.04. The highest BCUT2D eigenvalue weighted by atomic mass is 31.2. The summed E-state index contributed by atoms with van der Waals surface area (Å²) in [5, 5.41) is 3.50. The second kappa shape index (κ2) is 11.9. The summed E-state index contributed by atoms with van der Waals surface area (Å²) in [6.45, 7) is 0. The van der Waals surface area contributed by atoms with Crippen LogP contribution in [0.15, 0.2) is 182 Å². The molecule has 0 atom stereocenters. The standard InChI is InChI=1S/C44H30N3OP/c48-49(36-14-6-2-7-15-36,37-16-8-3-9-17-37)38-27-24-32(25-28-38)31-20-22-33(23-21-31)35-26-29-40-39(30-35)44-46-41-18-10-11-19-42(41)47(44)43(45-40)34-12-4-1-5-13-34/h1-30H. The molecule has 0 spiro atoms. The molecule has 0 saturated carbocycles. The molecule has 0 N–H and O–H groups in total. The molecule has 2 heterocycles. The third-order valence-corrected chi connectivity index (χ3v) is 12.4. The predicted molar refractivity (Wildman–Crippen MR) is 204 cm³/mol. The zero-order chi connectivity index (χ0) is 32.8. The molecular formula is C44H30N3OP. The summed E-state index contributed by atoms with van der Waals surface area (Å²) in [5.41, 5.74) is 9.22. The van der Waals surface area contributed by atoms with E-state index in [9.17, 15) is 4.57 Å². The minimum Gasteiger partial charge on any atom is -0.309 e. The molecule has 0 fully saturated rings. The van der Waals surface area contributed by atoms with E-state index >= 15 is 0 Å². The SMILES string of the molecule is O=P(c1ccccc1)(c1ccccc1)c1ccc(-c2ccc(-c3ccc4nc(-c5ccccc5)n5c6ccccc6nc5c4c3)cc2)cc1. The Balaban J connectivity index is 1.08. The molecule has 232 valence electrons. The van der Waals surface area contributed by atoms with Crippen molar-refractivity contribution in [3.63, 3.8) is 0 Å². The van der Waals surface area contributed by atoms with Crippen molar-refractivity contribution in [2.45, 2.75) is 0 Å². The lowest BCUT2D eigenvalue weighted by molar-refractivity contribution is 0.592. The minimum atomic E-state index is -3.02. The van der Waals surface area contributed by atoms with Gasteiger partial charge in [0, 0.05) is 26.9 Å². The fourth-order valence-electron chi connectivity index (χ4n) is 6.80. The highest BCUT2D eigenvalue weighted by Crippen LogP contribution is 2.42. The zero-order valence-electron chi connectivity index (χ0n) is 26.5. The summed E-state index contributed by atoms with van der Waals surface area (Å²) < 4.78 is 17.0. The van der Waals surface area contributed by atoms with Gasteiger partial charge in [0.25, 0.3) is 0 Å². The molecule has 0 saturated heterocycles. The van der Waals surface area contributed by atoms with Crippen molar-refractivity contribution in [2.24, 2.45) is 0 Å². The molecule has 9 rings (SSSR count). The van der Waals surface area contributed by atoms with Crippen molar-refractivity contribution in [1.29, 1.82) is 0 Å². The topological polar surface area (TPSA) is 47.3 Å². The van der Waals surface area contributed by atoms with Crippen LogP contribution in [0, 0.1) is 0 Å². The Labute approximate surface area is 284 Å². The van der Waals surface area contributed by atoms with Gasteiger partial charge in [-0.3, -0.25) is 4.40 Å². The van der Waals surface area contributed by atoms with Crippen LogP contribution >= 0.6 is 7.14 Å². The molecule has 0 aliphatic heterocycles. The molecule has 2 aromatic heterocycles. The number of benzene rings is 7. The van der Waals surface area contributed by atoms with Crippen LogP contribution in [-0.4, -0.2) is 14.4 Å². The van der Waals surface area contributed by atoms with Gasteiger partial charge in [0.05, 0.1) is 16.6 Å². The molecule has 7 aromatic carbocycles. The van der Waals surface area contributed by atoms with E-state index < -0.39 is 7.14 Å². The van der Waals surface area contributed by atoms with Gasteiger partial charge >= 0.3 is 0 Å². The molecule has 9 aromatic rings. The van der Waals surface area contributed by atoms with Crippen LogP contribution in [0.1, 0.15) is 0 Å². The van der Waals surface area contributed by atoms with Gasteiger partial charge in [-0.2, -0.15) is 0 Å². The van der Waals surface area contributed by atoms with Crippen molar-refractivity contribution in [3.8, 4) is 33.6 Å². The Morgan fingerprint density at radius 2 is 0.898 bits per heavy atom. The summed E-state index contributed by atoms with van der Waals surface area (Å²) in [4.78, 5) is 10.2. The summed E-state index contributed by atoms with van der Waals surface area (Å²) in [6, 6.07) is 61.4. The van der Waals surface area contributed by atoms with Crippen molar-refractivity contribution in [3.05, 3.63) is 182 Å². The van der Waals surface area contributed by atoms with Crippen LogP contribution in [0.2, 0.25) is 0 Å². The molecule has 0 amide bonds. The van der Waals surface area contributed by atoms with Crippen molar-refractivity contribution >= 4 is 50.6 Å². The van der Waals surface area contributed by atoms with E-state index in [2.05, 4.69) is 83.3 Å².